The Bertz CT molecular complexity index is 439. The molecule has 2 aliphatic rings. The number of hydrogen-bond acceptors (Lipinski definition) is 7. The van der Waals surface area contributed by atoms with Crippen LogP contribution in [0, 0.1) is 0 Å². The fourth-order valence-electron chi connectivity index (χ4n) is 3.19. The average Bonchev–Trinajstić information content (AvgIpc) is 3.09. The molecule has 1 unspecified atom stereocenters. The summed E-state index contributed by atoms with van der Waals surface area (Å²) in [7, 11) is 1.69. The fraction of sp³-hybridized carbons (Fsp3) is 0.857. The highest BCUT2D eigenvalue weighted by Gasteiger charge is 2.30. The molecule has 2 aliphatic heterocycles. The summed E-state index contributed by atoms with van der Waals surface area (Å²) in [5.41, 5.74) is 0. The molecule has 0 bridgehead atoms. The Kier molecular flexibility index (Phi) is 5.05. The third-order valence-electron chi connectivity index (χ3n) is 4.29. The van der Waals surface area contributed by atoms with E-state index in [4.69, 9.17) is 9.15 Å². The number of ether oxygens (including phenoxy) is 1. The molecule has 7 nitrogen and oxygen atoms in total. The van der Waals surface area contributed by atoms with Crippen LogP contribution in [0.1, 0.15) is 25.2 Å². The minimum atomic E-state index is 0.597. The van der Waals surface area contributed by atoms with Gasteiger partial charge in [-0.1, -0.05) is 5.10 Å². The largest absolute Gasteiger partial charge is 0.407 e. The molecule has 1 aromatic heterocycles. The Hall–Kier alpha value is -1.18. The van der Waals surface area contributed by atoms with Crippen molar-refractivity contribution in [1.29, 1.82) is 0 Å². The Labute approximate surface area is 125 Å². The van der Waals surface area contributed by atoms with Crippen molar-refractivity contribution in [2.75, 3.05) is 51.3 Å². The fourth-order valence-corrected chi connectivity index (χ4v) is 3.19. The first-order valence-corrected chi connectivity index (χ1v) is 7.88. The van der Waals surface area contributed by atoms with Crippen LogP contribution in [0.15, 0.2) is 4.42 Å². The van der Waals surface area contributed by atoms with E-state index in [2.05, 4.69) is 25.3 Å². The number of anilines is 1. The lowest BCUT2D eigenvalue weighted by Gasteiger charge is -2.24. The second kappa shape index (κ2) is 7.20. The van der Waals surface area contributed by atoms with Crippen LogP contribution in [0.25, 0.3) is 0 Å². The monoisotopic (exact) mass is 295 g/mol. The van der Waals surface area contributed by atoms with Crippen LogP contribution >= 0.6 is 0 Å². The molecular weight excluding hydrogens is 270 g/mol. The van der Waals surface area contributed by atoms with Gasteiger partial charge in [0.2, 0.25) is 5.89 Å². The molecule has 0 aliphatic carbocycles. The van der Waals surface area contributed by atoms with Gasteiger partial charge < -0.3 is 19.4 Å². The van der Waals surface area contributed by atoms with E-state index in [1.807, 2.05) is 0 Å². The molecule has 0 saturated carbocycles. The van der Waals surface area contributed by atoms with E-state index in [-0.39, 0.29) is 0 Å². The smallest absolute Gasteiger partial charge is 0.318 e. The maximum Gasteiger partial charge on any atom is 0.318 e. The molecule has 21 heavy (non-hydrogen) atoms. The lowest BCUT2D eigenvalue weighted by Crippen LogP contribution is -2.36. The Morgan fingerprint density at radius 1 is 1.29 bits per heavy atom. The van der Waals surface area contributed by atoms with Gasteiger partial charge in [0.05, 0.1) is 13.2 Å². The second-order valence-electron chi connectivity index (χ2n) is 5.78. The summed E-state index contributed by atoms with van der Waals surface area (Å²) in [6.07, 6.45) is 3.77. The quantitative estimate of drug-likeness (QED) is 0.766. The van der Waals surface area contributed by atoms with Crippen LogP contribution in [-0.4, -0.2) is 67.6 Å². The highest BCUT2D eigenvalue weighted by molar-refractivity contribution is 5.25. The molecule has 0 aromatic carbocycles. The molecule has 1 atom stereocenters. The van der Waals surface area contributed by atoms with Crippen molar-refractivity contribution in [2.45, 2.75) is 31.8 Å². The third kappa shape index (κ3) is 3.72. The molecular formula is C14H25N5O2. The van der Waals surface area contributed by atoms with E-state index in [9.17, 15) is 0 Å². The van der Waals surface area contributed by atoms with E-state index in [0.717, 1.165) is 19.6 Å². The lowest BCUT2D eigenvalue weighted by molar-refractivity contribution is 0.198. The standard InChI is InChI=1S/C14H25N5O2/c1-20-9-5-15-10-13-16-17-14(21-13)19-8-3-7-18-6-2-4-12(18)11-19/h12,15H,2-11H2,1H3. The summed E-state index contributed by atoms with van der Waals surface area (Å²) in [6.45, 7) is 6.53. The SMILES string of the molecule is COCCNCc1nnc(N2CCCN3CCCC3C2)o1. The number of nitrogens with one attached hydrogen (secondary N) is 1. The summed E-state index contributed by atoms with van der Waals surface area (Å²) in [6, 6.07) is 1.33. The molecule has 3 rings (SSSR count). The van der Waals surface area contributed by atoms with Gasteiger partial charge >= 0.3 is 6.01 Å². The minimum Gasteiger partial charge on any atom is -0.407 e. The predicted molar refractivity (Wildman–Crippen MR) is 79.3 cm³/mol. The number of fused-ring (bicyclic) bond motifs is 1. The molecule has 0 amide bonds. The zero-order valence-electron chi connectivity index (χ0n) is 12.8. The van der Waals surface area contributed by atoms with E-state index >= 15 is 0 Å². The van der Waals surface area contributed by atoms with Crippen LogP contribution in [0.3, 0.4) is 0 Å². The number of hydrogen-bond donors (Lipinski definition) is 1. The Balaban J connectivity index is 1.55. The minimum absolute atomic E-state index is 0.597. The number of rotatable bonds is 6. The first-order chi connectivity index (χ1) is 10.4. The van der Waals surface area contributed by atoms with Gasteiger partial charge in [-0.25, -0.2) is 0 Å². The van der Waals surface area contributed by atoms with E-state index in [0.29, 0.717) is 31.1 Å². The van der Waals surface area contributed by atoms with Gasteiger partial charge in [-0.2, -0.15) is 0 Å². The average molecular weight is 295 g/mol. The molecule has 2 fully saturated rings. The maximum atomic E-state index is 5.79. The van der Waals surface area contributed by atoms with Gasteiger partial charge in [-0.3, -0.25) is 4.90 Å². The molecule has 0 spiro atoms. The molecule has 1 N–H and O–H groups in total. The zero-order valence-corrected chi connectivity index (χ0v) is 12.8. The summed E-state index contributed by atoms with van der Waals surface area (Å²) in [4.78, 5) is 4.85. The van der Waals surface area contributed by atoms with E-state index in [1.165, 1.54) is 32.4 Å². The number of aromatic nitrogens is 2. The van der Waals surface area contributed by atoms with Gasteiger partial charge in [0.15, 0.2) is 0 Å². The highest BCUT2D eigenvalue weighted by Crippen LogP contribution is 2.24. The summed E-state index contributed by atoms with van der Waals surface area (Å²) >= 11 is 0. The van der Waals surface area contributed by atoms with Crippen molar-refractivity contribution < 1.29 is 9.15 Å². The van der Waals surface area contributed by atoms with Gasteiger partial charge in [0, 0.05) is 39.3 Å². The van der Waals surface area contributed by atoms with E-state index in [1.54, 1.807) is 7.11 Å². The number of methoxy groups -OCH3 is 1. The van der Waals surface area contributed by atoms with Gasteiger partial charge in [0.1, 0.15) is 0 Å². The molecule has 3 heterocycles. The van der Waals surface area contributed by atoms with Gasteiger partial charge in [-0.05, 0) is 25.8 Å². The van der Waals surface area contributed by atoms with Crippen LogP contribution in [-0.2, 0) is 11.3 Å². The first-order valence-electron chi connectivity index (χ1n) is 7.88. The maximum absolute atomic E-state index is 5.79. The first kappa shape index (κ1) is 14.7. The van der Waals surface area contributed by atoms with Crippen LogP contribution in [0.5, 0.6) is 0 Å². The van der Waals surface area contributed by atoms with Crippen LogP contribution in [0.2, 0.25) is 0 Å². The Morgan fingerprint density at radius 2 is 2.19 bits per heavy atom. The molecule has 7 heteroatoms. The molecule has 2 saturated heterocycles. The highest BCUT2D eigenvalue weighted by atomic mass is 16.5. The predicted octanol–water partition coefficient (Wildman–Crippen LogP) is 0.480. The van der Waals surface area contributed by atoms with Crippen molar-refractivity contribution in [3.05, 3.63) is 5.89 Å². The summed E-state index contributed by atoms with van der Waals surface area (Å²) in [5.74, 6) is 0.647. The van der Waals surface area contributed by atoms with Crippen molar-refractivity contribution in [3.63, 3.8) is 0 Å². The van der Waals surface area contributed by atoms with Crippen molar-refractivity contribution in [3.8, 4) is 0 Å². The van der Waals surface area contributed by atoms with Crippen LogP contribution in [0.4, 0.5) is 6.01 Å². The third-order valence-corrected chi connectivity index (χ3v) is 4.29. The molecule has 1 aromatic rings. The zero-order chi connectivity index (χ0) is 14.5. The Morgan fingerprint density at radius 3 is 3.10 bits per heavy atom. The molecule has 118 valence electrons. The van der Waals surface area contributed by atoms with Gasteiger partial charge in [0.25, 0.3) is 0 Å². The number of nitrogens with zero attached hydrogens (tertiary/aromatic N) is 4. The van der Waals surface area contributed by atoms with Crippen LogP contribution < -0.4 is 10.2 Å². The summed E-state index contributed by atoms with van der Waals surface area (Å²) < 4.78 is 10.8. The van der Waals surface area contributed by atoms with E-state index < -0.39 is 0 Å². The summed E-state index contributed by atoms with van der Waals surface area (Å²) in [5, 5.41) is 11.6. The topological polar surface area (TPSA) is 66.7 Å². The molecule has 0 radical (unpaired) electrons. The van der Waals surface area contributed by atoms with Crippen molar-refractivity contribution in [1.82, 2.24) is 20.4 Å². The van der Waals surface area contributed by atoms with Gasteiger partial charge in [-0.15, -0.1) is 5.10 Å². The second-order valence-corrected chi connectivity index (χ2v) is 5.78. The van der Waals surface area contributed by atoms with Crippen molar-refractivity contribution in [2.24, 2.45) is 0 Å². The lowest BCUT2D eigenvalue weighted by atomic mass is 10.2. The normalized spacial score (nSPS) is 23.3. The van der Waals surface area contributed by atoms with Crippen molar-refractivity contribution >= 4 is 6.01 Å².